The summed E-state index contributed by atoms with van der Waals surface area (Å²) in [7, 11) is 0. The van der Waals surface area contributed by atoms with Gasteiger partial charge in [0.25, 0.3) is 6.71 Å². The second kappa shape index (κ2) is 26.0. The van der Waals surface area contributed by atoms with Crippen LogP contribution in [-0.2, 0) is 16.2 Å². The summed E-state index contributed by atoms with van der Waals surface area (Å²) in [5, 5.41) is 36.9. The fraction of sp³-hybridized carbons (Fsp3) is 0.114. The van der Waals surface area contributed by atoms with Crippen LogP contribution in [0.3, 0.4) is 0 Å². The Bertz CT molecular complexity index is 8070. The smallest absolute Gasteiger partial charge is 0.252 e. The molecule has 0 saturated heterocycles. The second-order valence-corrected chi connectivity index (χ2v) is 32.7. The van der Waals surface area contributed by atoms with Crippen molar-refractivity contribution >= 4 is 123 Å². The summed E-state index contributed by atoms with van der Waals surface area (Å²) in [6, 6.07) is 69.4. The first kappa shape index (κ1) is 53.6. The van der Waals surface area contributed by atoms with Gasteiger partial charge in [-0.2, -0.15) is 15.8 Å². The highest BCUT2D eigenvalue weighted by Crippen LogP contribution is 2.51. The zero-order valence-corrected chi connectivity index (χ0v) is 63.9. The summed E-state index contributed by atoms with van der Waals surface area (Å²) >= 11 is 0. The summed E-state index contributed by atoms with van der Waals surface area (Å²) in [6.07, 6.45) is 0. The van der Waals surface area contributed by atoms with Crippen molar-refractivity contribution < 1.29 is 21.9 Å². The molecule has 2 aliphatic rings. The zero-order chi connectivity index (χ0) is 91.7. The van der Waals surface area contributed by atoms with E-state index in [1.54, 1.807) is 18.2 Å². The lowest BCUT2D eigenvalue weighted by Gasteiger charge is -2.45. The molecular formula is C105H79BN8. The second-order valence-electron chi connectivity index (χ2n) is 32.7. The lowest BCUT2D eigenvalue weighted by molar-refractivity contribution is 0.590. The van der Waals surface area contributed by atoms with E-state index in [0.717, 1.165) is 105 Å². The van der Waals surface area contributed by atoms with Crippen LogP contribution >= 0.6 is 0 Å². The highest BCUT2D eigenvalue weighted by atomic mass is 15.2. The summed E-state index contributed by atoms with van der Waals surface area (Å²) in [4.78, 5) is 4.23. The van der Waals surface area contributed by atoms with Gasteiger partial charge in [0, 0.05) is 72.1 Å². The van der Waals surface area contributed by atoms with Crippen LogP contribution < -0.4 is 26.2 Å². The predicted octanol–water partition coefficient (Wildman–Crippen LogP) is 25.2. The van der Waals surface area contributed by atoms with E-state index in [0.29, 0.717) is 39.2 Å². The largest absolute Gasteiger partial charge is 0.311 e. The molecule has 2 aliphatic heterocycles. The Morgan fingerprint density at radius 2 is 0.772 bits per heavy atom. The zero-order valence-electron chi connectivity index (χ0n) is 79.9. The lowest BCUT2D eigenvalue weighted by atomic mass is 9.33. The SMILES string of the molecule is [2H]c1c([2H])c([2H])c(-c2ccc3c(c2)N(c2cc(-n4c5c([2H])c([2H])c(C#N)c([2H])c5c5c([2H])c([2H])c(-c6c([2H])c([2H])c([2H])c([2H])c6[2H])c([2H])c54)ccc2C#N)c2cc(-n4c5ccc(C(C)(C)C)cc5c5cc(C(C)(C)C)ccc54)cc4c2B3c2ccc(-n3c5ccc(C#N)cc5c5cc(C(C)(C)C)ccc53)cc2N4c2cc(-c3ccccc3)cc(-c3ccccc3)c2)c([2H])c1[2H]. The molecule has 0 fully saturated rings. The Balaban J connectivity index is 0.982. The molecule has 20 rings (SSSR count). The molecule has 0 N–H and O–H groups in total. The van der Waals surface area contributed by atoms with Crippen molar-refractivity contribution in [2.75, 3.05) is 9.80 Å². The van der Waals surface area contributed by atoms with Gasteiger partial charge in [-0.05, 0) is 239 Å². The first-order valence-corrected chi connectivity index (χ1v) is 38.0. The number of hydrogen-bond donors (Lipinski definition) is 0. The fourth-order valence-electron chi connectivity index (χ4n) is 17.1. The minimum absolute atomic E-state index is 0.00629. The maximum absolute atomic E-state index is 12.3. The number of aromatic nitrogens is 3. The van der Waals surface area contributed by atoms with E-state index in [4.69, 9.17) is 5.48 Å². The van der Waals surface area contributed by atoms with E-state index in [1.807, 2.05) is 71.6 Å². The molecule has 18 aromatic rings. The monoisotopic (exact) mass is 1480 g/mol. The van der Waals surface area contributed by atoms with Crippen LogP contribution in [-0.4, -0.2) is 20.4 Å². The Labute approximate surface area is 687 Å². The van der Waals surface area contributed by atoms with Crippen LogP contribution in [0.1, 0.15) is 118 Å². The molecule has 0 saturated carbocycles. The number of benzene rings is 15. The molecule has 542 valence electrons. The minimum atomic E-state index is -0.810. The molecule has 0 atom stereocenters. The Hall–Kier alpha value is -14.2. The van der Waals surface area contributed by atoms with E-state index < -0.39 is 120 Å². The topological polar surface area (TPSA) is 92.6 Å². The van der Waals surface area contributed by atoms with Crippen molar-refractivity contribution in [3.63, 3.8) is 0 Å². The van der Waals surface area contributed by atoms with Crippen LogP contribution in [0.25, 0.3) is 127 Å². The Morgan fingerprint density at radius 3 is 1.32 bits per heavy atom. The minimum Gasteiger partial charge on any atom is -0.311 e. The maximum Gasteiger partial charge on any atom is 0.252 e. The van der Waals surface area contributed by atoms with Gasteiger partial charge >= 0.3 is 0 Å². The molecule has 0 unspecified atom stereocenters. The normalized spacial score (nSPS) is 14.7. The molecule has 15 aromatic carbocycles. The molecule has 0 amide bonds. The highest BCUT2D eigenvalue weighted by Gasteiger charge is 2.45. The summed E-state index contributed by atoms with van der Waals surface area (Å²) in [6.45, 7) is 18.8. The fourth-order valence-corrected chi connectivity index (χ4v) is 17.1. The molecule has 114 heavy (non-hydrogen) atoms. The maximum atomic E-state index is 12.3. The number of anilines is 6. The lowest BCUT2D eigenvalue weighted by Crippen LogP contribution is -2.61. The number of nitrogens with zero attached hydrogens (tertiary/aromatic N) is 8. The van der Waals surface area contributed by atoms with Gasteiger partial charge in [0.05, 0.1) is 95.2 Å². The molecule has 0 bridgehead atoms. The molecule has 9 heteroatoms. The van der Waals surface area contributed by atoms with E-state index in [9.17, 15) is 32.2 Å². The van der Waals surface area contributed by atoms with E-state index >= 15 is 0 Å². The standard InChI is InChI=1S/C105H79BN8/c1-103(2,3)76-35-45-93-86(55-76)85-49-66(63-108)31-44-92(85)110(93)80-39-42-90-99(59-80)113(81-51-74(69-26-18-12-19-27-69)50-75(52-81)70-28-20-13-21-29-70)100-60-82(112-94-46-36-77(104(4,5)6)56-87(94)88-57-78(105(7,8)9)37-47-95(88)112)61-101-102(100)106(90)89-41-34-72(68-24-16-11-17-25-68)54-98(89)114(101)96-58-79(38-32-73(96)64-109)111-91-43-30-65(62-107)48-84(91)83-40-33-71(53-97(83)111)67-22-14-10-15-23-67/h10-61H,1-9H3/i10D,11D,14D,15D,16D,17D,22D,23D,24D,25D,30D,33D,40D,43D,48D,53D. The molecule has 5 heterocycles. The third kappa shape index (κ3) is 11.2. The van der Waals surface area contributed by atoms with E-state index in [2.05, 4.69) is 216 Å². The third-order valence-electron chi connectivity index (χ3n) is 22.7. The predicted molar refractivity (Wildman–Crippen MR) is 475 cm³/mol. The van der Waals surface area contributed by atoms with Crippen molar-refractivity contribution in [3.05, 3.63) is 348 Å². The summed E-state index contributed by atoms with van der Waals surface area (Å²) < 4.78 is 157. The number of fused-ring (bicyclic) bond motifs is 13. The van der Waals surface area contributed by atoms with Gasteiger partial charge in [0.15, 0.2) is 0 Å². The van der Waals surface area contributed by atoms with E-state index in [1.165, 1.54) is 16.7 Å². The van der Waals surface area contributed by atoms with Gasteiger partial charge in [-0.15, -0.1) is 0 Å². The highest BCUT2D eigenvalue weighted by molar-refractivity contribution is 7.00. The van der Waals surface area contributed by atoms with Crippen molar-refractivity contribution in [2.45, 2.75) is 78.6 Å². The van der Waals surface area contributed by atoms with Gasteiger partial charge in [0.2, 0.25) is 0 Å². The quantitative estimate of drug-likeness (QED) is 0.134. The molecule has 3 aromatic heterocycles. The van der Waals surface area contributed by atoms with Crippen molar-refractivity contribution in [2.24, 2.45) is 0 Å². The first-order valence-electron chi connectivity index (χ1n) is 46.0. The van der Waals surface area contributed by atoms with Crippen molar-refractivity contribution in [1.82, 2.24) is 13.7 Å². The van der Waals surface area contributed by atoms with E-state index in [-0.39, 0.29) is 66.1 Å². The molecule has 0 spiro atoms. The average Bonchev–Trinajstić information content (AvgIpc) is 0.900. The van der Waals surface area contributed by atoms with Crippen LogP contribution in [0.15, 0.2) is 315 Å². The number of hydrogen-bond acceptors (Lipinski definition) is 5. The summed E-state index contributed by atoms with van der Waals surface area (Å²) in [5.41, 5.74) is 14.2. The van der Waals surface area contributed by atoms with Crippen LogP contribution in [0.4, 0.5) is 34.1 Å². The number of nitriles is 3. The van der Waals surface area contributed by atoms with Crippen molar-refractivity contribution in [1.29, 1.82) is 15.8 Å². The molecule has 8 nitrogen and oxygen atoms in total. The van der Waals surface area contributed by atoms with Gasteiger partial charge in [-0.3, -0.25) is 0 Å². The van der Waals surface area contributed by atoms with Crippen LogP contribution in [0, 0.1) is 34.0 Å². The third-order valence-corrected chi connectivity index (χ3v) is 22.7. The number of rotatable bonds is 9. The van der Waals surface area contributed by atoms with Crippen LogP contribution in [0.5, 0.6) is 0 Å². The van der Waals surface area contributed by atoms with Crippen molar-refractivity contribution in [3.8, 4) is 79.8 Å². The van der Waals surface area contributed by atoms with Crippen LogP contribution in [0.2, 0.25) is 0 Å². The van der Waals surface area contributed by atoms with Gasteiger partial charge in [-0.25, -0.2) is 0 Å². The van der Waals surface area contributed by atoms with Gasteiger partial charge in [-0.1, -0.05) is 232 Å². The summed E-state index contributed by atoms with van der Waals surface area (Å²) in [5.74, 6) is 0. The Kier molecular flexibility index (Phi) is 12.2. The average molecular weight is 1480 g/mol. The molecule has 0 radical (unpaired) electrons. The first-order chi connectivity index (χ1) is 61.9. The molecular weight excluding hydrogens is 1380 g/mol. The van der Waals surface area contributed by atoms with Gasteiger partial charge < -0.3 is 23.5 Å². The van der Waals surface area contributed by atoms with Gasteiger partial charge in [0.1, 0.15) is 6.07 Å². The molecule has 0 aliphatic carbocycles. The Morgan fingerprint density at radius 1 is 0.289 bits per heavy atom.